The average molecular weight is 305 g/mol. The van der Waals surface area contributed by atoms with E-state index in [1.54, 1.807) is 0 Å². The van der Waals surface area contributed by atoms with E-state index in [1.807, 2.05) is 0 Å². The number of fused-ring (bicyclic) bond motifs is 1. The normalized spacial score (nSPS) is 18.7. The van der Waals surface area contributed by atoms with Gasteiger partial charge in [0.05, 0.1) is 11.4 Å². The predicted molar refractivity (Wildman–Crippen MR) is 77.6 cm³/mol. The van der Waals surface area contributed by atoms with Gasteiger partial charge in [-0.25, -0.2) is 4.98 Å². The van der Waals surface area contributed by atoms with Crippen molar-refractivity contribution in [3.63, 3.8) is 0 Å². The molecule has 1 aromatic carbocycles. The van der Waals surface area contributed by atoms with Gasteiger partial charge in [0.25, 0.3) is 0 Å². The second-order valence-corrected chi connectivity index (χ2v) is 6.14. The number of nitrogens with zero attached hydrogens (tertiary/aromatic N) is 2. The Morgan fingerprint density at radius 3 is 2.72 bits per heavy atom. The number of aryl methyl sites for hydroxylation is 2. The number of benzene rings is 1. The zero-order valence-corrected chi connectivity index (χ0v) is 12.4. The van der Waals surface area contributed by atoms with Crippen LogP contribution in [-0.4, -0.2) is 9.55 Å². The van der Waals surface area contributed by atoms with Gasteiger partial charge in [-0.05, 0) is 31.4 Å². The highest BCUT2D eigenvalue weighted by Gasteiger charge is 2.21. The third-order valence-corrected chi connectivity index (χ3v) is 4.22. The molecule has 1 atom stereocenters. The van der Waals surface area contributed by atoms with Gasteiger partial charge in [0.15, 0.2) is 0 Å². The summed E-state index contributed by atoms with van der Waals surface area (Å²) in [6, 6.07) is 8.53. The molecule has 3 heteroatoms. The van der Waals surface area contributed by atoms with Crippen molar-refractivity contribution in [1.82, 2.24) is 9.55 Å². The zero-order valence-electron chi connectivity index (χ0n) is 10.8. The largest absolute Gasteiger partial charge is 0.328 e. The molecule has 0 bridgehead atoms. The number of rotatable bonds is 1. The summed E-state index contributed by atoms with van der Waals surface area (Å²) in [7, 11) is 0. The fourth-order valence-corrected chi connectivity index (χ4v) is 3.03. The number of hydrogen-bond acceptors (Lipinski definition) is 1. The van der Waals surface area contributed by atoms with E-state index in [9.17, 15) is 0 Å². The summed E-state index contributed by atoms with van der Waals surface area (Å²) in [5.41, 5.74) is 3.72. The molecule has 0 N–H and O–H groups in total. The van der Waals surface area contributed by atoms with Crippen LogP contribution in [0, 0.1) is 12.8 Å². The Morgan fingerprint density at radius 1 is 1.28 bits per heavy atom. The molecule has 0 spiro atoms. The van der Waals surface area contributed by atoms with Gasteiger partial charge in [-0.1, -0.05) is 35.0 Å². The molecule has 0 saturated carbocycles. The molecule has 0 amide bonds. The molecule has 3 rings (SSSR count). The molecule has 2 heterocycles. The number of halogens is 1. The molecule has 1 unspecified atom stereocenters. The Kier molecular flexibility index (Phi) is 3.02. The molecule has 1 aliphatic heterocycles. The number of imidazole rings is 1. The van der Waals surface area contributed by atoms with Crippen LogP contribution in [-0.2, 0) is 13.0 Å². The van der Waals surface area contributed by atoms with E-state index in [-0.39, 0.29) is 0 Å². The highest BCUT2D eigenvalue weighted by molar-refractivity contribution is 9.10. The van der Waals surface area contributed by atoms with Crippen molar-refractivity contribution >= 4 is 15.9 Å². The van der Waals surface area contributed by atoms with Crippen molar-refractivity contribution in [3.05, 3.63) is 40.3 Å². The van der Waals surface area contributed by atoms with Crippen LogP contribution in [0.25, 0.3) is 11.3 Å². The molecule has 94 valence electrons. The Bertz CT molecular complexity index is 569. The Hall–Kier alpha value is -1.09. The summed E-state index contributed by atoms with van der Waals surface area (Å²) in [5, 5.41) is 0. The molecule has 1 aromatic heterocycles. The van der Waals surface area contributed by atoms with Crippen molar-refractivity contribution in [1.29, 1.82) is 0 Å². The topological polar surface area (TPSA) is 17.8 Å². The van der Waals surface area contributed by atoms with Gasteiger partial charge in [-0.2, -0.15) is 0 Å². The van der Waals surface area contributed by atoms with Crippen molar-refractivity contribution in [2.75, 3.05) is 0 Å². The first-order chi connectivity index (χ1) is 8.65. The smallest absolute Gasteiger partial charge is 0.109 e. The van der Waals surface area contributed by atoms with E-state index in [4.69, 9.17) is 4.98 Å². The van der Waals surface area contributed by atoms with Crippen molar-refractivity contribution < 1.29 is 0 Å². The lowest BCUT2D eigenvalue weighted by Crippen LogP contribution is -2.18. The fourth-order valence-electron chi connectivity index (χ4n) is 2.77. The SMILES string of the molecule is Cc1nc2n(c1-c1ccc(Br)cc1)CC(C)CC2. The van der Waals surface area contributed by atoms with Crippen molar-refractivity contribution in [3.8, 4) is 11.3 Å². The first kappa shape index (κ1) is 12.0. The van der Waals surface area contributed by atoms with Crippen LogP contribution in [0.3, 0.4) is 0 Å². The van der Waals surface area contributed by atoms with Crippen LogP contribution >= 0.6 is 15.9 Å². The van der Waals surface area contributed by atoms with E-state index in [0.29, 0.717) is 0 Å². The second kappa shape index (κ2) is 4.54. The fraction of sp³-hybridized carbons (Fsp3) is 0.400. The molecule has 0 saturated heterocycles. The Labute approximate surface area is 116 Å². The molecular weight excluding hydrogens is 288 g/mol. The Balaban J connectivity index is 2.11. The lowest BCUT2D eigenvalue weighted by atomic mass is 10.0. The zero-order chi connectivity index (χ0) is 12.7. The summed E-state index contributed by atoms with van der Waals surface area (Å²) < 4.78 is 3.53. The summed E-state index contributed by atoms with van der Waals surface area (Å²) in [6.07, 6.45) is 2.37. The van der Waals surface area contributed by atoms with Gasteiger partial charge in [0, 0.05) is 23.0 Å². The Morgan fingerprint density at radius 2 is 2.00 bits per heavy atom. The van der Waals surface area contributed by atoms with Crippen LogP contribution in [0.15, 0.2) is 28.7 Å². The average Bonchev–Trinajstić information content (AvgIpc) is 2.66. The molecule has 2 aromatic rings. The first-order valence-corrected chi connectivity index (χ1v) is 7.26. The predicted octanol–water partition coefficient (Wildman–Crippen LogP) is 4.20. The van der Waals surface area contributed by atoms with Gasteiger partial charge < -0.3 is 4.57 Å². The van der Waals surface area contributed by atoms with Crippen LogP contribution in [0.2, 0.25) is 0 Å². The van der Waals surface area contributed by atoms with Crippen LogP contribution in [0.1, 0.15) is 24.9 Å². The minimum absolute atomic E-state index is 0.750. The van der Waals surface area contributed by atoms with Gasteiger partial charge in [0.1, 0.15) is 5.82 Å². The van der Waals surface area contributed by atoms with Gasteiger partial charge in [-0.15, -0.1) is 0 Å². The maximum atomic E-state index is 4.74. The summed E-state index contributed by atoms with van der Waals surface area (Å²) in [6.45, 7) is 5.54. The van der Waals surface area contributed by atoms with Crippen molar-refractivity contribution in [2.24, 2.45) is 5.92 Å². The third kappa shape index (κ3) is 2.01. The molecule has 0 aliphatic carbocycles. The lowest BCUT2D eigenvalue weighted by Gasteiger charge is -2.22. The van der Waals surface area contributed by atoms with Crippen LogP contribution < -0.4 is 0 Å². The van der Waals surface area contributed by atoms with Crippen LogP contribution in [0.5, 0.6) is 0 Å². The van der Waals surface area contributed by atoms with Gasteiger partial charge in [-0.3, -0.25) is 0 Å². The van der Waals surface area contributed by atoms with E-state index in [1.165, 1.54) is 23.5 Å². The van der Waals surface area contributed by atoms with Gasteiger partial charge >= 0.3 is 0 Å². The summed E-state index contributed by atoms with van der Waals surface area (Å²) >= 11 is 3.49. The standard InChI is InChI=1S/C15H17BrN2/c1-10-3-8-14-17-11(2)15(18(14)9-10)12-4-6-13(16)7-5-12/h4-7,10H,3,8-9H2,1-2H3. The maximum absolute atomic E-state index is 4.74. The molecule has 0 radical (unpaired) electrons. The molecule has 18 heavy (non-hydrogen) atoms. The lowest BCUT2D eigenvalue weighted by molar-refractivity contribution is 0.396. The molecule has 0 fully saturated rings. The van der Waals surface area contributed by atoms with E-state index in [2.05, 4.69) is 58.6 Å². The number of aromatic nitrogens is 2. The minimum atomic E-state index is 0.750. The van der Waals surface area contributed by atoms with E-state index < -0.39 is 0 Å². The maximum Gasteiger partial charge on any atom is 0.109 e. The minimum Gasteiger partial charge on any atom is -0.328 e. The van der Waals surface area contributed by atoms with Crippen molar-refractivity contribution in [2.45, 2.75) is 33.2 Å². The summed E-state index contributed by atoms with van der Waals surface area (Å²) in [5.74, 6) is 2.00. The van der Waals surface area contributed by atoms with E-state index in [0.717, 1.165) is 29.1 Å². The molecule has 1 aliphatic rings. The van der Waals surface area contributed by atoms with Gasteiger partial charge in [0.2, 0.25) is 0 Å². The summed E-state index contributed by atoms with van der Waals surface area (Å²) in [4.78, 5) is 4.74. The monoisotopic (exact) mass is 304 g/mol. The molecule has 2 nitrogen and oxygen atoms in total. The number of hydrogen-bond donors (Lipinski definition) is 0. The highest BCUT2D eigenvalue weighted by Crippen LogP contribution is 2.30. The first-order valence-electron chi connectivity index (χ1n) is 6.47. The van der Waals surface area contributed by atoms with E-state index >= 15 is 0 Å². The molecular formula is C15H17BrN2. The second-order valence-electron chi connectivity index (χ2n) is 5.22. The highest BCUT2D eigenvalue weighted by atomic mass is 79.9. The van der Waals surface area contributed by atoms with Crippen LogP contribution in [0.4, 0.5) is 0 Å². The third-order valence-electron chi connectivity index (χ3n) is 3.69. The quantitative estimate of drug-likeness (QED) is 0.772.